The Labute approximate surface area is 161 Å². The van der Waals surface area contributed by atoms with Gasteiger partial charge in [0.25, 0.3) is 0 Å². The van der Waals surface area contributed by atoms with Crippen molar-refractivity contribution in [3.63, 3.8) is 0 Å². The molecule has 0 unspecified atom stereocenters. The molecule has 0 fully saturated rings. The molecule has 0 atom stereocenters. The summed E-state index contributed by atoms with van der Waals surface area (Å²) in [5.74, 6) is -0.906. The molecule has 1 heterocycles. The Bertz CT molecular complexity index is 1210. The third-order valence-electron chi connectivity index (χ3n) is 4.72. The highest BCUT2D eigenvalue weighted by atomic mass is 32.2. The van der Waals surface area contributed by atoms with E-state index in [1.165, 1.54) is 33.4 Å². The van der Waals surface area contributed by atoms with E-state index in [0.717, 1.165) is 16.4 Å². The first-order chi connectivity index (χ1) is 13.2. The number of likely N-dealkylation sites (N-methyl/N-ethyl adjacent to an activating group) is 1. The van der Waals surface area contributed by atoms with Crippen molar-refractivity contribution in [2.45, 2.75) is 11.8 Å². The number of sulfonamides is 1. The Kier molecular flexibility index (Phi) is 5.22. The molecular formula is C19H20FN3O4S. The van der Waals surface area contributed by atoms with Gasteiger partial charge >= 0.3 is 5.69 Å². The first kappa shape index (κ1) is 20.0. The molecule has 0 bridgehead atoms. The smallest absolute Gasteiger partial charge is 0.295 e. The fourth-order valence-corrected chi connectivity index (χ4v) is 4.48. The Morgan fingerprint density at radius 3 is 2.25 bits per heavy atom. The summed E-state index contributed by atoms with van der Waals surface area (Å²) in [5.41, 5.74) is 1.06. The van der Waals surface area contributed by atoms with Crippen LogP contribution in [0.5, 0.6) is 0 Å². The molecule has 148 valence electrons. The molecule has 0 spiro atoms. The van der Waals surface area contributed by atoms with Crippen LogP contribution in [-0.2, 0) is 24.1 Å². The van der Waals surface area contributed by atoms with Gasteiger partial charge < -0.3 is 0 Å². The highest BCUT2D eigenvalue weighted by Gasteiger charge is 2.26. The van der Waals surface area contributed by atoms with E-state index in [1.807, 2.05) is 0 Å². The lowest BCUT2D eigenvalue weighted by Crippen LogP contribution is -2.35. The quantitative estimate of drug-likeness (QED) is 0.587. The molecule has 0 aliphatic carbocycles. The molecule has 7 nitrogen and oxygen atoms in total. The van der Waals surface area contributed by atoms with Gasteiger partial charge in [0.15, 0.2) is 5.78 Å². The first-order valence-corrected chi connectivity index (χ1v) is 10.0. The van der Waals surface area contributed by atoms with E-state index in [0.29, 0.717) is 11.0 Å². The summed E-state index contributed by atoms with van der Waals surface area (Å²) in [5, 5.41) is 0. The minimum absolute atomic E-state index is 0.00467. The lowest BCUT2D eigenvalue weighted by molar-refractivity contribution is 0.0967. The number of rotatable bonds is 6. The number of carbonyl (C=O) groups excluding carboxylic acids is 1. The Balaban J connectivity index is 1.96. The fourth-order valence-electron chi connectivity index (χ4n) is 3.05. The van der Waals surface area contributed by atoms with Gasteiger partial charge in [0.05, 0.1) is 22.5 Å². The summed E-state index contributed by atoms with van der Waals surface area (Å²) in [4.78, 5) is 24.5. The van der Waals surface area contributed by atoms with E-state index in [4.69, 9.17) is 0 Å². The van der Waals surface area contributed by atoms with Gasteiger partial charge in [-0.25, -0.2) is 17.6 Å². The van der Waals surface area contributed by atoms with Gasteiger partial charge in [-0.15, -0.1) is 0 Å². The van der Waals surface area contributed by atoms with Crippen LogP contribution in [0.4, 0.5) is 4.39 Å². The Morgan fingerprint density at radius 1 is 1.04 bits per heavy atom. The van der Waals surface area contributed by atoms with Crippen molar-refractivity contribution < 1.29 is 17.6 Å². The molecule has 0 saturated heterocycles. The van der Waals surface area contributed by atoms with E-state index >= 15 is 0 Å². The van der Waals surface area contributed by atoms with Crippen LogP contribution < -0.4 is 5.69 Å². The predicted molar refractivity (Wildman–Crippen MR) is 103 cm³/mol. The van der Waals surface area contributed by atoms with Gasteiger partial charge in [-0.05, 0) is 42.5 Å². The van der Waals surface area contributed by atoms with Gasteiger partial charge in [-0.2, -0.15) is 4.31 Å². The number of carbonyl (C=O) groups is 1. The minimum Gasteiger partial charge on any atom is -0.295 e. The highest BCUT2D eigenvalue weighted by molar-refractivity contribution is 7.89. The molecule has 3 rings (SSSR count). The number of halogens is 1. The molecule has 2 aromatic carbocycles. The minimum atomic E-state index is -3.96. The largest absolute Gasteiger partial charge is 0.328 e. The van der Waals surface area contributed by atoms with Crippen molar-refractivity contribution in [2.24, 2.45) is 14.1 Å². The number of imidazole rings is 1. The second-order valence-corrected chi connectivity index (χ2v) is 8.35. The van der Waals surface area contributed by atoms with Crippen LogP contribution in [0.3, 0.4) is 0 Å². The number of ketones is 1. The fraction of sp³-hybridized carbons (Fsp3) is 0.263. The van der Waals surface area contributed by atoms with E-state index in [9.17, 15) is 22.4 Å². The Hall–Kier alpha value is -2.78. The SMILES string of the molecule is CCN(CC(=O)c1ccc(F)cc1)S(=O)(=O)c1ccc2c(c1)n(C)c(=O)n2C. The van der Waals surface area contributed by atoms with Gasteiger partial charge in [-0.3, -0.25) is 13.9 Å². The Morgan fingerprint density at radius 2 is 1.64 bits per heavy atom. The van der Waals surface area contributed by atoms with Crippen LogP contribution in [0.1, 0.15) is 17.3 Å². The standard InChI is InChI=1S/C19H20FN3O4S/c1-4-23(12-18(24)13-5-7-14(20)8-6-13)28(26,27)15-9-10-16-17(11-15)22(3)19(25)21(16)2/h5-11H,4,12H2,1-3H3. The van der Waals surface area contributed by atoms with Crippen molar-refractivity contribution in [3.8, 4) is 0 Å². The van der Waals surface area contributed by atoms with Crippen LogP contribution in [0.25, 0.3) is 11.0 Å². The molecule has 0 aliphatic heterocycles. The number of Topliss-reactive ketones (excluding diaryl/α,β-unsaturated/α-hetero) is 1. The normalized spacial score (nSPS) is 12.0. The number of benzene rings is 2. The van der Waals surface area contributed by atoms with Crippen molar-refractivity contribution in [3.05, 3.63) is 64.3 Å². The number of fused-ring (bicyclic) bond motifs is 1. The average molecular weight is 405 g/mol. The number of hydrogen-bond donors (Lipinski definition) is 0. The summed E-state index contributed by atoms with van der Waals surface area (Å²) in [6.45, 7) is 1.35. The topological polar surface area (TPSA) is 81.4 Å². The van der Waals surface area contributed by atoms with Crippen molar-refractivity contribution in [1.82, 2.24) is 13.4 Å². The maximum atomic E-state index is 13.1. The van der Waals surface area contributed by atoms with E-state index in [1.54, 1.807) is 27.1 Å². The molecule has 0 N–H and O–H groups in total. The van der Waals surface area contributed by atoms with Crippen molar-refractivity contribution in [1.29, 1.82) is 0 Å². The number of hydrogen-bond acceptors (Lipinski definition) is 4. The molecule has 3 aromatic rings. The molecule has 0 aliphatic rings. The van der Waals surface area contributed by atoms with Gasteiger partial charge in [-0.1, -0.05) is 6.92 Å². The van der Waals surface area contributed by atoms with E-state index in [2.05, 4.69) is 0 Å². The van der Waals surface area contributed by atoms with Crippen LogP contribution in [0.15, 0.2) is 52.2 Å². The molecule has 1 aromatic heterocycles. The second kappa shape index (κ2) is 7.33. The third-order valence-corrected chi connectivity index (χ3v) is 6.64. The van der Waals surface area contributed by atoms with Crippen LogP contribution >= 0.6 is 0 Å². The van der Waals surface area contributed by atoms with Gasteiger partial charge in [0.2, 0.25) is 10.0 Å². The van der Waals surface area contributed by atoms with Crippen molar-refractivity contribution >= 4 is 26.8 Å². The first-order valence-electron chi connectivity index (χ1n) is 8.61. The molecule has 9 heteroatoms. The maximum absolute atomic E-state index is 13.1. The summed E-state index contributed by atoms with van der Waals surface area (Å²) in [6.07, 6.45) is 0. The van der Waals surface area contributed by atoms with Crippen LogP contribution in [0, 0.1) is 5.82 Å². The van der Waals surface area contributed by atoms with Crippen molar-refractivity contribution in [2.75, 3.05) is 13.1 Å². The number of nitrogens with zero attached hydrogens (tertiary/aromatic N) is 3. The monoisotopic (exact) mass is 405 g/mol. The molecule has 0 radical (unpaired) electrons. The predicted octanol–water partition coefficient (Wildman–Crippen LogP) is 1.91. The number of aryl methyl sites for hydroxylation is 2. The third kappa shape index (κ3) is 3.38. The molecule has 0 amide bonds. The van der Waals surface area contributed by atoms with Crippen LogP contribution in [-0.4, -0.2) is 40.7 Å². The lowest BCUT2D eigenvalue weighted by Gasteiger charge is -2.20. The molecule has 28 heavy (non-hydrogen) atoms. The summed E-state index contributed by atoms with van der Waals surface area (Å²) < 4.78 is 43.0. The van der Waals surface area contributed by atoms with E-state index < -0.39 is 21.6 Å². The molecule has 0 saturated carbocycles. The van der Waals surface area contributed by atoms with E-state index in [-0.39, 0.29) is 29.2 Å². The lowest BCUT2D eigenvalue weighted by atomic mass is 10.1. The zero-order valence-corrected chi connectivity index (χ0v) is 16.5. The van der Waals surface area contributed by atoms with Gasteiger partial charge in [0.1, 0.15) is 5.82 Å². The summed E-state index contributed by atoms with van der Waals surface area (Å²) >= 11 is 0. The number of aromatic nitrogens is 2. The second-order valence-electron chi connectivity index (χ2n) is 6.41. The van der Waals surface area contributed by atoms with Gasteiger partial charge in [0, 0.05) is 26.2 Å². The molecular weight excluding hydrogens is 385 g/mol. The summed E-state index contributed by atoms with van der Waals surface area (Å²) in [6, 6.07) is 9.37. The maximum Gasteiger partial charge on any atom is 0.328 e. The van der Waals surface area contributed by atoms with Crippen LogP contribution in [0.2, 0.25) is 0 Å². The highest BCUT2D eigenvalue weighted by Crippen LogP contribution is 2.21. The zero-order valence-electron chi connectivity index (χ0n) is 15.7. The summed E-state index contributed by atoms with van der Waals surface area (Å²) in [7, 11) is -0.785. The zero-order chi connectivity index (χ0) is 20.6. The average Bonchev–Trinajstić information content (AvgIpc) is 2.90.